The molecule has 0 nitrogen and oxygen atoms in total. The van der Waals surface area contributed by atoms with Crippen LogP contribution in [0.15, 0.2) is 0 Å². The van der Waals surface area contributed by atoms with Crippen molar-refractivity contribution in [3.63, 3.8) is 0 Å². The first-order chi connectivity index (χ1) is 6.45. The van der Waals surface area contributed by atoms with Gasteiger partial charge in [0.1, 0.15) is 0 Å². The van der Waals surface area contributed by atoms with Crippen LogP contribution in [0.4, 0.5) is 0 Å². The van der Waals surface area contributed by atoms with Crippen LogP contribution in [0.2, 0.25) is 9.56 Å². The first kappa shape index (κ1) is 12.9. The van der Waals surface area contributed by atoms with E-state index in [4.69, 9.17) is 0 Å². The molecule has 0 aromatic rings. The summed E-state index contributed by atoms with van der Waals surface area (Å²) >= 11 is 0.825. The molecule has 0 spiro atoms. The van der Waals surface area contributed by atoms with E-state index in [0.717, 1.165) is 15.2 Å². The van der Waals surface area contributed by atoms with Gasteiger partial charge in [0.15, 0.2) is 0 Å². The van der Waals surface area contributed by atoms with Crippen LogP contribution >= 0.6 is 12.4 Å². The lowest BCUT2D eigenvalue weighted by atomic mass is 9.99. The Morgan fingerprint density at radius 2 is 0.929 bits per heavy atom. The molecular formula is C12H23AlCl. The predicted octanol–water partition coefficient (Wildman–Crippen LogP) is 4.62. The average molecular weight is 230 g/mol. The minimum atomic E-state index is 0. The molecule has 1 radical (unpaired) electrons. The number of hydrogen-bond acceptors (Lipinski definition) is 0. The Kier molecular flexibility index (Phi) is 6.59. The third-order valence-electron chi connectivity index (χ3n) is 3.84. The van der Waals surface area contributed by atoms with Gasteiger partial charge in [-0.2, -0.15) is 0 Å². The molecule has 0 amide bonds. The van der Waals surface area contributed by atoms with Gasteiger partial charge in [0.25, 0.3) is 0 Å². The van der Waals surface area contributed by atoms with Gasteiger partial charge in [0, 0.05) is 0 Å². The first-order valence-corrected chi connectivity index (χ1v) is 7.63. The van der Waals surface area contributed by atoms with Gasteiger partial charge in [-0.15, -0.1) is 12.4 Å². The maximum absolute atomic E-state index is 1.59. The molecule has 0 atom stereocenters. The molecule has 14 heavy (non-hydrogen) atoms. The number of rotatable bonds is 2. The van der Waals surface area contributed by atoms with Crippen LogP contribution < -0.4 is 0 Å². The molecule has 81 valence electrons. The second kappa shape index (κ2) is 7.15. The number of halogens is 1. The Labute approximate surface area is 101 Å². The smallest absolute Gasteiger partial charge is 0.147 e. The standard InChI is InChI=1S/2C6H11.Al.ClH/c2*1-2-4-6-5-3-1;;/h2*1H,2-6H2;;1H. The molecule has 0 heterocycles. The summed E-state index contributed by atoms with van der Waals surface area (Å²) in [6.45, 7) is 0. The summed E-state index contributed by atoms with van der Waals surface area (Å²) in [6.07, 6.45) is 15.6. The normalized spacial score (nSPS) is 25.4. The van der Waals surface area contributed by atoms with Gasteiger partial charge in [-0.05, 0) is 0 Å². The highest BCUT2D eigenvalue weighted by molar-refractivity contribution is 6.39. The zero-order valence-corrected chi connectivity index (χ0v) is 11.2. The Hall–Kier alpha value is 0.822. The Balaban J connectivity index is 0.000000980. The van der Waals surface area contributed by atoms with Crippen molar-refractivity contribution >= 4 is 27.6 Å². The van der Waals surface area contributed by atoms with Crippen molar-refractivity contribution in [3.8, 4) is 0 Å². The lowest BCUT2D eigenvalue weighted by Crippen LogP contribution is -2.16. The van der Waals surface area contributed by atoms with Crippen molar-refractivity contribution < 1.29 is 0 Å². The van der Waals surface area contributed by atoms with E-state index in [1.54, 1.807) is 51.4 Å². The van der Waals surface area contributed by atoms with Crippen molar-refractivity contribution in [2.45, 2.75) is 73.8 Å². The van der Waals surface area contributed by atoms with Gasteiger partial charge in [0.05, 0.1) is 0 Å². The van der Waals surface area contributed by atoms with Gasteiger partial charge >= 0.3 is 0 Å². The second-order valence-corrected chi connectivity index (χ2v) is 7.26. The zero-order chi connectivity index (χ0) is 8.93. The molecule has 2 aliphatic carbocycles. The molecule has 0 aromatic heterocycles. The van der Waals surface area contributed by atoms with E-state index in [1.165, 1.54) is 22.4 Å². The van der Waals surface area contributed by atoms with E-state index in [1.807, 2.05) is 0 Å². The van der Waals surface area contributed by atoms with Crippen LogP contribution in [0.1, 0.15) is 64.2 Å². The van der Waals surface area contributed by atoms with Crippen LogP contribution in [-0.4, -0.2) is 15.2 Å². The fourth-order valence-corrected chi connectivity index (χ4v) is 5.52. The third kappa shape index (κ3) is 4.13. The van der Waals surface area contributed by atoms with Gasteiger partial charge in [-0.25, -0.2) is 0 Å². The van der Waals surface area contributed by atoms with Crippen LogP contribution in [-0.2, 0) is 0 Å². The summed E-state index contributed by atoms with van der Waals surface area (Å²) in [7, 11) is 0. The second-order valence-electron chi connectivity index (χ2n) is 4.99. The summed E-state index contributed by atoms with van der Waals surface area (Å²) in [5, 5.41) is 0. The molecule has 2 saturated carbocycles. The van der Waals surface area contributed by atoms with Crippen molar-refractivity contribution in [3.05, 3.63) is 0 Å². The summed E-state index contributed by atoms with van der Waals surface area (Å²) in [6, 6.07) is 0. The van der Waals surface area contributed by atoms with Gasteiger partial charge in [0.2, 0.25) is 15.2 Å². The molecule has 0 unspecified atom stereocenters. The molecule has 2 aliphatic rings. The molecular weight excluding hydrogens is 207 g/mol. The first-order valence-electron chi connectivity index (χ1n) is 6.30. The fraction of sp³-hybridized carbons (Fsp3) is 1.00. The molecule has 0 bridgehead atoms. The minimum Gasteiger partial charge on any atom is -0.147 e. The predicted molar refractivity (Wildman–Crippen MR) is 66.7 cm³/mol. The van der Waals surface area contributed by atoms with Gasteiger partial charge in [-0.1, -0.05) is 73.8 Å². The Morgan fingerprint density at radius 1 is 0.571 bits per heavy atom. The zero-order valence-electron chi connectivity index (χ0n) is 9.21. The molecule has 2 fully saturated rings. The topological polar surface area (TPSA) is 0 Å². The lowest BCUT2D eigenvalue weighted by Gasteiger charge is -2.27. The van der Waals surface area contributed by atoms with Crippen LogP contribution in [0.5, 0.6) is 0 Å². The largest absolute Gasteiger partial charge is 0.210 e. The van der Waals surface area contributed by atoms with E-state index in [-0.39, 0.29) is 12.4 Å². The third-order valence-corrected chi connectivity index (χ3v) is 6.27. The minimum absolute atomic E-state index is 0. The highest BCUT2D eigenvalue weighted by Crippen LogP contribution is 2.36. The quantitative estimate of drug-likeness (QED) is 0.607. The fourth-order valence-electron chi connectivity index (χ4n) is 3.04. The van der Waals surface area contributed by atoms with Crippen molar-refractivity contribution in [2.24, 2.45) is 0 Å². The van der Waals surface area contributed by atoms with Crippen LogP contribution in [0.25, 0.3) is 0 Å². The Morgan fingerprint density at radius 3 is 1.29 bits per heavy atom. The summed E-state index contributed by atoms with van der Waals surface area (Å²) in [4.78, 5) is 0. The SMILES string of the molecule is C1CC[CH]([Al][CH]2CCCCC2)CC1.Cl. The number of hydrogen-bond donors (Lipinski definition) is 0. The summed E-state index contributed by atoms with van der Waals surface area (Å²) in [5.74, 6) is 0. The monoisotopic (exact) mass is 229 g/mol. The van der Waals surface area contributed by atoms with Crippen molar-refractivity contribution in [2.75, 3.05) is 0 Å². The summed E-state index contributed by atoms with van der Waals surface area (Å²) < 4.78 is 2.41. The van der Waals surface area contributed by atoms with E-state index in [2.05, 4.69) is 0 Å². The lowest BCUT2D eigenvalue weighted by molar-refractivity contribution is 0.470. The van der Waals surface area contributed by atoms with E-state index >= 15 is 0 Å². The van der Waals surface area contributed by atoms with E-state index in [0.29, 0.717) is 0 Å². The van der Waals surface area contributed by atoms with Crippen LogP contribution in [0, 0.1) is 0 Å². The highest BCUT2D eigenvalue weighted by atomic mass is 35.5. The molecule has 2 rings (SSSR count). The van der Waals surface area contributed by atoms with Gasteiger partial charge < -0.3 is 0 Å². The average Bonchev–Trinajstić information content (AvgIpc) is 2.21. The molecule has 0 saturated heterocycles. The van der Waals surface area contributed by atoms with Gasteiger partial charge in [-0.3, -0.25) is 0 Å². The molecule has 0 aromatic carbocycles. The maximum atomic E-state index is 1.59. The Bertz CT molecular complexity index is 121. The van der Waals surface area contributed by atoms with Crippen molar-refractivity contribution in [1.82, 2.24) is 0 Å². The van der Waals surface area contributed by atoms with E-state index < -0.39 is 0 Å². The maximum Gasteiger partial charge on any atom is 0.210 e. The molecule has 0 N–H and O–H groups in total. The molecule has 0 aliphatic heterocycles. The molecule has 2 heteroatoms. The van der Waals surface area contributed by atoms with E-state index in [9.17, 15) is 0 Å². The highest BCUT2D eigenvalue weighted by Gasteiger charge is 2.21. The summed E-state index contributed by atoms with van der Waals surface area (Å²) in [5.41, 5.74) is 0. The van der Waals surface area contributed by atoms with Crippen molar-refractivity contribution in [1.29, 1.82) is 0 Å². The van der Waals surface area contributed by atoms with Crippen LogP contribution in [0.3, 0.4) is 0 Å².